The van der Waals surface area contributed by atoms with E-state index in [0.717, 1.165) is 22.1 Å². The standard InChI is InChI=1S/C17H14ClN5OS/c1-2-24-14-8-6-11(7-9-14)15-20-21-17-23(15)22-16(25-17)19-13-5-3-4-12(18)10-13/h3-10H,2H2,1H3,(H,19,22). The quantitative estimate of drug-likeness (QED) is 0.553. The van der Waals surface area contributed by atoms with E-state index in [2.05, 4.69) is 20.6 Å². The molecule has 0 spiro atoms. The molecule has 6 nitrogen and oxygen atoms in total. The monoisotopic (exact) mass is 371 g/mol. The number of ether oxygens (including phenoxy) is 1. The van der Waals surface area contributed by atoms with Gasteiger partial charge in [0.05, 0.1) is 6.61 Å². The maximum Gasteiger partial charge on any atom is 0.236 e. The van der Waals surface area contributed by atoms with Crippen molar-refractivity contribution in [2.24, 2.45) is 0 Å². The summed E-state index contributed by atoms with van der Waals surface area (Å²) >= 11 is 7.44. The number of benzene rings is 2. The van der Waals surface area contributed by atoms with Gasteiger partial charge in [0.25, 0.3) is 0 Å². The van der Waals surface area contributed by atoms with Crippen LogP contribution in [-0.2, 0) is 0 Å². The van der Waals surface area contributed by atoms with E-state index in [1.807, 2.05) is 55.5 Å². The van der Waals surface area contributed by atoms with Crippen LogP contribution >= 0.6 is 22.9 Å². The molecule has 0 bridgehead atoms. The average molecular weight is 372 g/mol. The fourth-order valence-corrected chi connectivity index (χ4v) is 3.35. The van der Waals surface area contributed by atoms with Gasteiger partial charge in [-0.25, -0.2) is 0 Å². The molecule has 0 aliphatic carbocycles. The van der Waals surface area contributed by atoms with E-state index in [4.69, 9.17) is 16.3 Å². The van der Waals surface area contributed by atoms with E-state index in [9.17, 15) is 0 Å². The highest BCUT2D eigenvalue weighted by molar-refractivity contribution is 7.20. The molecule has 8 heteroatoms. The molecule has 0 radical (unpaired) electrons. The Morgan fingerprint density at radius 2 is 2.00 bits per heavy atom. The van der Waals surface area contributed by atoms with Gasteiger partial charge in [-0.15, -0.1) is 15.3 Å². The first-order valence-corrected chi connectivity index (χ1v) is 8.90. The largest absolute Gasteiger partial charge is 0.494 e. The Balaban J connectivity index is 1.64. The number of nitrogens with one attached hydrogen (secondary N) is 1. The normalized spacial score (nSPS) is 11.0. The zero-order valence-electron chi connectivity index (χ0n) is 13.3. The summed E-state index contributed by atoms with van der Waals surface area (Å²) in [5, 5.41) is 17.6. The zero-order valence-corrected chi connectivity index (χ0v) is 14.9. The molecule has 0 aliphatic rings. The summed E-state index contributed by atoms with van der Waals surface area (Å²) in [5.74, 6) is 1.52. The molecule has 4 rings (SSSR count). The van der Waals surface area contributed by atoms with E-state index in [-0.39, 0.29) is 0 Å². The van der Waals surface area contributed by atoms with Crippen molar-refractivity contribution in [3.05, 3.63) is 53.6 Å². The maximum atomic E-state index is 6.01. The molecular weight excluding hydrogens is 358 g/mol. The molecule has 0 aliphatic heterocycles. The third kappa shape index (κ3) is 3.29. The van der Waals surface area contributed by atoms with Crippen molar-refractivity contribution < 1.29 is 4.74 Å². The minimum absolute atomic E-state index is 0.638. The first kappa shape index (κ1) is 15.9. The van der Waals surface area contributed by atoms with E-state index < -0.39 is 0 Å². The number of fused-ring (bicyclic) bond motifs is 1. The topological polar surface area (TPSA) is 64.3 Å². The third-order valence-corrected chi connectivity index (χ3v) is 4.54. The Bertz CT molecular complexity index is 1010. The molecular formula is C17H14ClN5OS. The van der Waals surface area contributed by atoms with Crippen LogP contribution in [0.4, 0.5) is 10.8 Å². The SMILES string of the molecule is CCOc1ccc(-c2nnc3sc(Nc4cccc(Cl)c4)nn23)cc1. The molecule has 4 aromatic rings. The van der Waals surface area contributed by atoms with Gasteiger partial charge in [0, 0.05) is 16.3 Å². The highest BCUT2D eigenvalue weighted by Gasteiger charge is 2.13. The first-order chi connectivity index (χ1) is 12.2. The molecule has 2 aromatic heterocycles. The van der Waals surface area contributed by atoms with Crippen molar-refractivity contribution in [1.82, 2.24) is 19.8 Å². The number of nitrogens with zero attached hydrogens (tertiary/aromatic N) is 4. The van der Waals surface area contributed by atoms with Gasteiger partial charge in [0.1, 0.15) is 5.75 Å². The van der Waals surface area contributed by atoms with Gasteiger partial charge in [-0.2, -0.15) is 4.52 Å². The Morgan fingerprint density at radius 1 is 1.16 bits per heavy atom. The molecule has 0 saturated carbocycles. The van der Waals surface area contributed by atoms with E-state index in [1.165, 1.54) is 11.3 Å². The van der Waals surface area contributed by atoms with Crippen LogP contribution in [0.15, 0.2) is 48.5 Å². The molecule has 2 heterocycles. The number of hydrogen-bond donors (Lipinski definition) is 1. The van der Waals surface area contributed by atoms with Crippen LogP contribution in [0.2, 0.25) is 5.02 Å². The second-order valence-corrected chi connectivity index (χ2v) is 6.61. The lowest BCUT2D eigenvalue weighted by Gasteiger charge is -2.03. The van der Waals surface area contributed by atoms with Gasteiger partial charge >= 0.3 is 0 Å². The minimum Gasteiger partial charge on any atom is -0.494 e. The number of hydrogen-bond acceptors (Lipinski definition) is 6. The van der Waals surface area contributed by atoms with Crippen molar-refractivity contribution in [3.63, 3.8) is 0 Å². The average Bonchev–Trinajstić information content (AvgIpc) is 3.16. The van der Waals surface area contributed by atoms with Crippen molar-refractivity contribution in [2.45, 2.75) is 6.92 Å². The number of rotatable bonds is 5. The summed E-state index contributed by atoms with van der Waals surface area (Å²) < 4.78 is 7.20. The molecule has 0 unspecified atom stereocenters. The van der Waals surface area contributed by atoms with Gasteiger partial charge in [-0.05, 0) is 49.4 Å². The van der Waals surface area contributed by atoms with Crippen molar-refractivity contribution in [2.75, 3.05) is 11.9 Å². The summed E-state index contributed by atoms with van der Waals surface area (Å²) in [6.45, 7) is 2.60. The maximum absolute atomic E-state index is 6.01. The highest BCUT2D eigenvalue weighted by atomic mass is 35.5. The Labute approximate surface area is 153 Å². The van der Waals surface area contributed by atoms with Crippen LogP contribution in [0, 0.1) is 0 Å². The zero-order chi connectivity index (χ0) is 17.2. The molecule has 0 saturated heterocycles. The first-order valence-electron chi connectivity index (χ1n) is 7.71. The van der Waals surface area contributed by atoms with Gasteiger partial charge < -0.3 is 10.1 Å². The second-order valence-electron chi connectivity index (χ2n) is 5.22. The van der Waals surface area contributed by atoms with E-state index in [0.29, 0.717) is 22.4 Å². The van der Waals surface area contributed by atoms with E-state index in [1.54, 1.807) is 4.52 Å². The smallest absolute Gasteiger partial charge is 0.236 e. The van der Waals surface area contributed by atoms with Crippen LogP contribution < -0.4 is 10.1 Å². The fourth-order valence-electron chi connectivity index (χ4n) is 2.40. The number of anilines is 2. The molecule has 1 N–H and O–H groups in total. The molecule has 126 valence electrons. The predicted molar refractivity (Wildman–Crippen MR) is 100.0 cm³/mol. The van der Waals surface area contributed by atoms with Crippen molar-refractivity contribution in [1.29, 1.82) is 0 Å². The Hall–Kier alpha value is -2.64. The summed E-state index contributed by atoms with van der Waals surface area (Å²) in [6, 6.07) is 15.2. The van der Waals surface area contributed by atoms with Crippen molar-refractivity contribution in [3.8, 4) is 17.1 Å². The Morgan fingerprint density at radius 3 is 2.76 bits per heavy atom. The van der Waals surface area contributed by atoms with Gasteiger partial charge in [0.15, 0.2) is 5.82 Å². The molecule has 0 atom stereocenters. The van der Waals surface area contributed by atoms with Crippen LogP contribution in [0.3, 0.4) is 0 Å². The Kier molecular flexibility index (Phi) is 4.25. The summed E-state index contributed by atoms with van der Waals surface area (Å²) in [7, 11) is 0. The highest BCUT2D eigenvalue weighted by Crippen LogP contribution is 2.28. The number of halogens is 1. The summed E-state index contributed by atoms with van der Waals surface area (Å²) in [4.78, 5) is 0.716. The van der Waals surface area contributed by atoms with Crippen LogP contribution in [0.1, 0.15) is 6.92 Å². The van der Waals surface area contributed by atoms with Gasteiger partial charge in [-0.3, -0.25) is 0 Å². The summed E-state index contributed by atoms with van der Waals surface area (Å²) in [5.41, 5.74) is 1.80. The van der Waals surface area contributed by atoms with Crippen LogP contribution in [-0.4, -0.2) is 26.4 Å². The lowest BCUT2D eigenvalue weighted by molar-refractivity contribution is 0.340. The van der Waals surface area contributed by atoms with Gasteiger partial charge in [-0.1, -0.05) is 29.0 Å². The molecule has 25 heavy (non-hydrogen) atoms. The minimum atomic E-state index is 0.638. The second kappa shape index (κ2) is 6.70. The van der Waals surface area contributed by atoms with E-state index >= 15 is 0 Å². The van der Waals surface area contributed by atoms with Crippen LogP contribution in [0.25, 0.3) is 16.3 Å². The van der Waals surface area contributed by atoms with Crippen LogP contribution in [0.5, 0.6) is 5.75 Å². The molecule has 2 aromatic carbocycles. The molecule has 0 amide bonds. The lowest BCUT2D eigenvalue weighted by atomic mass is 10.2. The summed E-state index contributed by atoms with van der Waals surface area (Å²) in [6.07, 6.45) is 0. The fraction of sp³-hybridized carbons (Fsp3) is 0.118. The predicted octanol–water partition coefficient (Wildman–Crippen LogP) is 4.65. The lowest BCUT2D eigenvalue weighted by Crippen LogP contribution is -1.95. The van der Waals surface area contributed by atoms with Crippen molar-refractivity contribution >= 4 is 38.7 Å². The molecule has 0 fully saturated rings. The van der Waals surface area contributed by atoms with Gasteiger partial charge in [0.2, 0.25) is 10.1 Å². The number of aromatic nitrogens is 4. The third-order valence-electron chi connectivity index (χ3n) is 3.49.